The van der Waals surface area contributed by atoms with Crippen LogP contribution in [0.1, 0.15) is 24.5 Å². The van der Waals surface area contributed by atoms with Crippen LogP contribution in [0.5, 0.6) is 0 Å². The smallest absolute Gasteiger partial charge is 0.251 e. The van der Waals surface area contributed by atoms with Crippen molar-refractivity contribution in [2.24, 2.45) is 0 Å². The number of piperazine rings is 1. The Morgan fingerprint density at radius 3 is 2.70 bits per heavy atom. The molecule has 122 valence electrons. The van der Waals surface area contributed by atoms with Gasteiger partial charge in [0.1, 0.15) is 11.6 Å². The summed E-state index contributed by atoms with van der Waals surface area (Å²) < 4.78 is 0. The number of hydrogen-bond acceptors (Lipinski definition) is 5. The van der Waals surface area contributed by atoms with Gasteiger partial charge in [0.25, 0.3) is 5.56 Å². The minimum Gasteiger partial charge on any atom is -0.353 e. The van der Waals surface area contributed by atoms with Crippen molar-refractivity contribution in [3.63, 3.8) is 0 Å². The lowest BCUT2D eigenvalue weighted by Gasteiger charge is -2.38. The molecule has 0 radical (unpaired) electrons. The lowest BCUT2D eigenvalue weighted by molar-refractivity contribution is 0.191. The Morgan fingerprint density at radius 1 is 1.30 bits per heavy atom. The Bertz CT molecular complexity index is 739. The largest absolute Gasteiger partial charge is 0.353 e. The summed E-state index contributed by atoms with van der Waals surface area (Å²) >= 11 is 6.22. The molecule has 0 saturated carbocycles. The molecule has 0 amide bonds. The molecule has 3 rings (SSSR count). The quantitative estimate of drug-likeness (QED) is 0.930. The Morgan fingerprint density at radius 2 is 2.04 bits per heavy atom. The number of nitrogens with zero attached hydrogens (tertiary/aromatic N) is 4. The summed E-state index contributed by atoms with van der Waals surface area (Å²) in [4.78, 5) is 27.8. The van der Waals surface area contributed by atoms with Gasteiger partial charge in [-0.1, -0.05) is 11.6 Å². The molecule has 3 heterocycles. The van der Waals surface area contributed by atoms with Gasteiger partial charge in [0.05, 0.1) is 11.1 Å². The molecule has 2 aromatic rings. The molecule has 0 bridgehead atoms. The van der Waals surface area contributed by atoms with E-state index in [-0.39, 0.29) is 11.6 Å². The van der Waals surface area contributed by atoms with E-state index in [0.29, 0.717) is 5.02 Å². The van der Waals surface area contributed by atoms with Crippen molar-refractivity contribution in [1.82, 2.24) is 19.9 Å². The third-order valence-corrected chi connectivity index (χ3v) is 4.48. The molecular formula is C16H20ClN5O. The van der Waals surface area contributed by atoms with Crippen LogP contribution < -0.4 is 10.5 Å². The van der Waals surface area contributed by atoms with Gasteiger partial charge >= 0.3 is 0 Å². The first kappa shape index (κ1) is 16.0. The summed E-state index contributed by atoms with van der Waals surface area (Å²) in [7, 11) is 0. The third-order valence-electron chi connectivity index (χ3n) is 4.18. The summed E-state index contributed by atoms with van der Waals surface area (Å²) in [5.41, 5.74) is 0.646. The summed E-state index contributed by atoms with van der Waals surface area (Å²) in [5, 5.41) is 0.679. The average Bonchev–Trinajstić information content (AvgIpc) is 2.54. The minimum absolute atomic E-state index is 0.0731. The van der Waals surface area contributed by atoms with Crippen molar-refractivity contribution in [1.29, 1.82) is 0 Å². The second-order valence-corrected chi connectivity index (χ2v) is 6.19. The summed E-state index contributed by atoms with van der Waals surface area (Å²) in [5.74, 6) is 1.56. The van der Waals surface area contributed by atoms with Crippen LogP contribution in [0.25, 0.3) is 0 Å². The maximum absolute atomic E-state index is 11.6. The van der Waals surface area contributed by atoms with E-state index in [1.54, 1.807) is 6.20 Å². The molecular weight excluding hydrogens is 314 g/mol. The molecule has 0 spiro atoms. The second kappa shape index (κ2) is 6.68. The number of anilines is 1. The number of aromatic amines is 1. The van der Waals surface area contributed by atoms with Crippen LogP contribution in [-0.4, -0.2) is 46.0 Å². The number of aryl methyl sites for hydroxylation is 1. The van der Waals surface area contributed by atoms with Gasteiger partial charge in [-0.05, 0) is 26.0 Å². The van der Waals surface area contributed by atoms with Gasteiger partial charge in [0, 0.05) is 44.1 Å². The van der Waals surface area contributed by atoms with Crippen molar-refractivity contribution in [3.05, 3.63) is 51.3 Å². The van der Waals surface area contributed by atoms with Crippen LogP contribution in [-0.2, 0) is 0 Å². The van der Waals surface area contributed by atoms with Crippen molar-refractivity contribution in [2.75, 3.05) is 31.1 Å². The topological polar surface area (TPSA) is 65.1 Å². The van der Waals surface area contributed by atoms with Crippen LogP contribution in [0.3, 0.4) is 0 Å². The fourth-order valence-electron chi connectivity index (χ4n) is 2.90. The first-order valence-electron chi connectivity index (χ1n) is 7.72. The van der Waals surface area contributed by atoms with Gasteiger partial charge in [-0.2, -0.15) is 0 Å². The second-order valence-electron chi connectivity index (χ2n) is 5.78. The van der Waals surface area contributed by atoms with E-state index in [9.17, 15) is 4.79 Å². The fourth-order valence-corrected chi connectivity index (χ4v) is 3.15. The number of hydrogen-bond donors (Lipinski definition) is 1. The van der Waals surface area contributed by atoms with Crippen LogP contribution in [0.2, 0.25) is 5.02 Å². The molecule has 6 nitrogen and oxygen atoms in total. The zero-order valence-electron chi connectivity index (χ0n) is 13.3. The van der Waals surface area contributed by atoms with Crippen LogP contribution in [0.4, 0.5) is 5.82 Å². The number of pyridine rings is 1. The number of aromatic nitrogens is 3. The summed E-state index contributed by atoms with van der Waals surface area (Å²) in [6.07, 6.45) is 1.76. The Labute approximate surface area is 140 Å². The highest BCUT2D eigenvalue weighted by Gasteiger charge is 2.25. The molecule has 1 N–H and O–H groups in total. The molecule has 0 aromatic carbocycles. The standard InChI is InChI=1S/C16H20ClN5O/c1-11-10-14(23)20-15(19-11)12(2)21-6-8-22(9-7-21)16-13(17)4-3-5-18-16/h3-5,10,12H,6-9H2,1-2H3,(H,19,20,23)/t12-/m1/s1. The van der Waals surface area contributed by atoms with Gasteiger partial charge < -0.3 is 9.88 Å². The van der Waals surface area contributed by atoms with E-state index >= 15 is 0 Å². The highest BCUT2D eigenvalue weighted by molar-refractivity contribution is 6.32. The minimum atomic E-state index is -0.0988. The SMILES string of the molecule is Cc1cc(=O)[nH]c([C@@H](C)N2CCN(c3ncccc3Cl)CC2)n1. The number of halogens is 1. The number of rotatable bonds is 3. The van der Waals surface area contributed by atoms with Crippen molar-refractivity contribution in [2.45, 2.75) is 19.9 Å². The zero-order chi connectivity index (χ0) is 16.4. The van der Waals surface area contributed by atoms with Gasteiger partial charge in [0.2, 0.25) is 0 Å². The van der Waals surface area contributed by atoms with E-state index in [1.165, 1.54) is 6.07 Å². The molecule has 1 atom stereocenters. The summed E-state index contributed by atoms with van der Waals surface area (Å²) in [6.45, 7) is 7.33. The first-order chi connectivity index (χ1) is 11.0. The Hall–Kier alpha value is -1.92. The highest BCUT2D eigenvalue weighted by Crippen LogP contribution is 2.25. The van der Waals surface area contributed by atoms with Gasteiger partial charge in [-0.3, -0.25) is 9.69 Å². The summed E-state index contributed by atoms with van der Waals surface area (Å²) in [6, 6.07) is 5.28. The molecule has 1 aliphatic rings. The van der Waals surface area contributed by atoms with Crippen LogP contribution >= 0.6 is 11.6 Å². The lowest BCUT2D eigenvalue weighted by Crippen LogP contribution is -2.48. The monoisotopic (exact) mass is 333 g/mol. The Kier molecular flexibility index (Phi) is 4.63. The fraction of sp³-hybridized carbons (Fsp3) is 0.438. The molecule has 1 fully saturated rings. The van der Waals surface area contributed by atoms with Crippen LogP contribution in [0.15, 0.2) is 29.2 Å². The van der Waals surface area contributed by atoms with E-state index in [0.717, 1.165) is 43.5 Å². The maximum Gasteiger partial charge on any atom is 0.251 e. The van der Waals surface area contributed by atoms with Crippen molar-refractivity contribution < 1.29 is 0 Å². The normalized spacial score (nSPS) is 17.3. The molecule has 2 aromatic heterocycles. The molecule has 0 unspecified atom stereocenters. The van der Waals surface area contributed by atoms with Gasteiger partial charge in [-0.15, -0.1) is 0 Å². The predicted molar refractivity (Wildman–Crippen MR) is 91.0 cm³/mol. The van der Waals surface area contributed by atoms with E-state index in [2.05, 4.69) is 31.7 Å². The molecule has 7 heteroatoms. The van der Waals surface area contributed by atoms with E-state index in [4.69, 9.17) is 11.6 Å². The Balaban J connectivity index is 1.69. The lowest BCUT2D eigenvalue weighted by atomic mass is 10.2. The van der Waals surface area contributed by atoms with Gasteiger partial charge in [0.15, 0.2) is 0 Å². The number of nitrogens with one attached hydrogen (secondary N) is 1. The maximum atomic E-state index is 11.6. The first-order valence-corrected chi connectivity index (χ1v) is 8.10. The zero-order valence-corrected chi connectivity index (χ0v) is 14.0. The predicted octanol–water partition coefficient (Wildman–Crippen LogP) is 2.01. The van der Waals surface area contributed by atoms with Crippen molar-refractivity contribution in [3.8, 4) is 0 Å². The van der Waals surface area contributed by atoms with E-state index in [1.807, 2.05) is 19.1 Å². The molecule has 0 aliphatic carbocycles. The molecule has 1 aliphatic heterocycles. The van der Waals surface area contributed by atoms with E-state index < -0.39 is 0 Å². The van der Waals surface area contributed by atoms with Crippen molar-refractivity contribution >= 4 is 17.4 Å². The third kappa shape index (κ3) is 3.54. The molecule has 23 heavy (non-hydrogen) atoms. The average molecular weight is 334 g/mol. The molecule has 1 saturated heterocycles. The highest BCUT2D eigenvalue weighted by atomic mass is 35.5. The van der Waals surface area contributed by atoms with Crippen LogP contribution in [0, 0.1) is 6.92 Å². The number of H-pyrrole nitrogens is 1. The van der Waals surface area contributed by atoms with Gasteiger partial charge in [-0.25, -0.2) is 9.97 Å².